The SMILES string of the molecule is CCOC(=O)Cn1nc(-c2ccc(Cl)cc2)c2cccnc2c1=O. The lowest BCUT2D eigenvalue weighted by atomic mass is 10.1. The van der Waals surface area contributed by atoms with Crippen LogP contribution in [0.5, 0.6) is 0 Å². The van der Waals surface area contributed by atoms with Crippen molar-refractivity contribution in [2.45, 2.75) is 13.5 Å². The molecule has 3 rings (SSSR count). The number of carbonyl (C=O) groups is 1. The number of aromatic nitrogens is 3. The molecule has 0 spiro atoms. The first kappa shape index (κ1) is 16.1. The van der Waals surface area contributed by atoms with Crippen LogP contribution < -0.4 is 5.56 Å². The predicted octanol–water partition coefficient (Wildman–Crippen LogP) is 2.68. The summed E-state index contributed by atoms with van der Waals surface area (Å²) in [6, 6.07) is 10.6. The molecular formula is C17H14ClN3O3. The predicted molar refractivity (Wildman–Crippen MR) is 90.9 cm³/mol. The van der Waals surface area contributed by atoms with Crippen molar-refractivity contribution < 1.29 is 9.53 Å². The molecule has 2 heterocycles. The fraction of sp³-hybridized carbons (Fsp3) is 0.176. The van der Waals surface area contributed by atoms with Crippen molar-refractivity contribution >= 4 is 28.5 Å². The van der Waals surface area contributed by atoms with E-state index in [1.807, 2.05) is 0 Å². The largest absolute Gasteiger partial charge is 0.465 e. The van der Waals surface area contributed by atoms with Crippen molar-refractivity contribution in [3.63, 3.8) is 0 Å². The van der Waals surface area contributed by atoms with Crippen LogP contribution in [0, 0.1) is 0 Å². The summed E-state index contributed by atoms with van der Waals surface area (Å²) < 4.78 is 5.98. The molecule has 1 aromatic carbocycles. The molecule has 3 aromatic rings. The van der Waals surface area contributed by atoms with Crippen LogP contribution in [0.4, 0.5) is 0 Å². The highest BCUT2D eigenvalue weighted by Gasteiger charge is 2.15. The Bertz CT molecular complexity index is 951. The molecule has 0 bridgehead atoms. The lowest BCUT2D eigenvalue weighted by Gasteiger charge is -2.10. The van der Waals surface area contributed by atoms with Crippen LogP contribution in [0.3, 0.4) is 0 Å². The van der Waals surface area contributed by atoms with E-state index in [0.29, 0.717) is 16.1 Å². The van der Waals surface area contributed by atoms with E-state index in [0.717, 1.165) is 10.2 Å². The van der Waals surface area contributed by atoms with Gasteiger partial charge in [-0.3, -0.25) is 14.6 Å². The second kappa shape index (κ2) is 6.80. The van der Waals surface area contributed by atoms with Crippen LogP contribution in [0.2, 0.25) is 5.02 Å². The number of hydrogen-bond donors (Lipinski definition) is 0. The normalized spacial score (nSPS) is 10.8. The zero-order valence-electron chi connectivity index (χ0n) is 12.9. The van der Waals surface area contributed by atoms with Gasteiger partial charge in [0, 0.05) is 22.2 Å². The minimum absolute atomic E-state index is 0.240. The first-order valence-corrected chi connectivity index (χ1v) is 7.75. The van der Waals surface area contributed by atoms with Crippen LogP contribution in [-0.2, 0) is 16.1 Å². The maximum atomic E-state index is 12.5. The van der Waals surface area contributed by atoms with Gasteiger partial charge in [0.1, 0.15) is 17.8 Å². The Kier molecular flexibility index (Phi) is 4.57. The smallest absolute Gasteiger partial charge is 0.327 e. The summed E-state index contributed by atoms with van der Waals surface area (Å²) in [5.41, 5.74) is 1.15. The summed E-state index contributed by atoms with van der Waals surface area (Å²) in [7, 11) is 0. The molecule has 2 aromatic heterocycles. The summed E-state index contributed by atoms with van der Waals surface area (Å²) in [5.74, 6) is -0.524. The molecule has 0 atom stereocenters. The zero-order valence-corrected chi connectivity index (χ0v) is 13.7. The van der Waals surface area contributed by atoms with Crippen LogP contribution in [0.15, 0.2) is 47.4 Å². The summed E-state index contributed by atoms with van der Waals surface area (Å²) in [5, 5.41) is 5.56. The maximum Gasteiger partial charge on any atom is 0.327 e. The molecule has 0 aliphatic heterocycles. The standard InChI is InChI=1S/C17H14ClN3O3/c1-2-24-14(22)10-21-17(23)16-13(4-3-9-19-16)15(20-21)11-5-7-12(18)8-6-11/h3-9H,2,10H2,1H3. The minimum atomic E-state index is -0.524. The molecule has 0 N–H and O–H groups in total. The van der Waals surface area contributed by atoms with Gasteiger partial charge in [0.05, 0.1) is 6.61 Å². The van der Waals surface area contributed by atoms with Gasteiger partial charge >= 0.3 is 5.97 Å². The van der Waals surface area contributed by atoms with Crippen molar-refractivity contribution in [3.8, 4) is 11.3 Å². The molecule has 0 aliphatic carbocycles. The second-order valence-electron chi connectivity index (χ2n) is 5.02. The highest BCUT2D eigenvalue weighted by Crippen LogP contribution is 2.24. The van der Waals surface area contributed by atoms with Gasteiger partial charge in [0.2, 0.25) is 0 Å². The summed E-state index contributed by atoms with van der Waals surface area (Å²) in [4.78, 5) is 28.4. The number of esters is 1. The Morgan fingerprint density at radius 2 is 2.00 bits per heavy atom. The Morgan fingerprint density at radius 3 is 2.71 bits per heavy atom. The van der Waals surface area contributed by atoms with E-state index in [-0.39, 0.29) is 18.7 Å². The van der Waals surface area contributed by atoms with E-state index < -0.39 is 11.5 Å². The van der Waals surface area contributed by atoms with Gasteiger partial charge in [-0.15, -0.1) is 0 Å². The third-order valence-corrected chi connectivity index (χ3v) is 3.67. The van der Waals surface area contributed by atoms with Crippen LogP contribution in [0.1, 0.15) is 6.92 Å². The number of rotatable bonds is 4. The Morgan fingerprint density at radius 1 is 1.25 bits per heavy atom. The number of pyridine rings is 1. The van der Waals surface area contributed by atoms with Crippen LogP contribution in [0.25, 0.3) is 22.2 Å². The van der Waals surface area contributed by atoms with Gasteiger partial charge in [-0.05, 0) is 31.2 Å². The lowest BCUT2D eigenvalue weighted by Crippen LogP contribution is -2.28. The highest BCUT2D eigenvalue weighted by molar-refractivity contribution is 6.30. The average molecular weight is 344 g/mol. The van der Waals surface area contributed by atoms with Gasteiger partial charge in [0.25, 0.3) is 5.56 Å². The van der Waals surface area contributed by atoms with Crippen LogP contribution >= 0.6 is 11.6 Å². The number of halogens is 1. The third-order valence-electron chi connectivity index (χ3n) is 3.42. The van der Waals surface area contributed by atoms with Crippen molar-refractivity contribution in [2.75, 3.05) is 6.61 Å². The van der Waals surface area contributed by atoms with Crippen molar-refractivity contribution in [3.05, 3.63) is 58.0 Å². The van der Waals surface area contributed by atoms with Gasteiger partial charge in [-0.2, -0.15) is 5.10 Å². The first-order chi connectivity index (χ1) is 11.6. The molecule has 0 unspecified atom stereocenters. The Hall–Kier alpha value is -2.73. The topological polar surface area (TPSA) is 74.1 Å². The third kappa shape index (κ3) is 3.14. The fourth-order valence-electron chi connectivity index (χ4n) is 2.37. The zero-order chi connectivity index (χ0) is 17.1. The number of benzene rings is 1. The van der Waals surface area contributed by atoms with E-state index in [2.05, 4.69) is 10.1 Å². The van der Waals surface area contributed by atoms with E-state index in [1.54, 1.807) is 43.3 Å². The van der Waals surface area contributed by atoms with Gasteiger partial charge < -0.3 is 4.74 Å². The maximum absolute atomic E-state index is 12.5. The molecule has 6 nitrogen and oxygen atoms in total. The number of ether oxygens (including phenoxy) is 1. The average Bonchev–Trinajstić information content (AvgIpc) is 2.59. The molecular weight excluding hydrogens is 330 g/mol. The van der Waals surface area contributed by atoms with Gasteiger partial charge in [-0.25, -0.2) is 4.68 Å². The van der Waals surface area contributed by atoms with Gasteiger partial charge in [0.15, 0.2) is 0 Å². The van der Waals surface area contributed by atoms with Gasteiger partial charge in [-0.1, -0.05) is 23.7 Å². The summed E-state index contributed by atoms with van der Waals surface area (Å²) in [6.07, 6.45) is 1.53. The monoisotopic (exact) mass is 343 g/mol. The van der Waals surface area contributed by atoms with Crippen LogP contribution in [-0.4, -0.2) is 27.3 Å². The summed E-state index contributed by atoms with van der Waals surface area (Å²) >= 11 is 5.93. The summed E-state index contributed by atoms with van der Waals surface area (Å²) in [6.45, 7) is 1.68. The Balaban J connectivity index is 2.20. The van der Waals surface area contributed by atoms with E-state index >= 15 is 0 Å². The number of nitrogens with zero attached hydrogens (tertiary/aromatic N) is 3. The van der Waals surface area contributed by atoms with E-state index in [4.69, 9.17) is 16.3 Å². The molecule has 24 heavy (non-hydrogen) atoms. The molecule has 0 fully saturated rings. The highest BCUT2D eigenvalue weighted by atomic mass is 35.5. The quantitative estimate of drug-likeness (QED) is 0.681. The molecule has 0 aliphatic rings. The molecule has 0 radical (unpaired) electrons. The van der Waals surface area contributed by atoms with Crippen molar-refractivity contribution in [1.82, 2.24) is 14.8 Å². The Labute approximate surface area is 142 Å². The molecule has 0 saturated heterocycles. The number of carbonyl (C=O) groups excluding carboxylic acids is 1. The van der Waals surface area contributed by atoms with Crippen molar-refractivity contribution in [2.24, 2.45) is 0 Å². The van der Waals surface area contributed by atoms with E-state index in [1.165, 1.54) is 6.20 Å². The molecule has 122 valence electrons. The second-order valence-corrected chi connectivity index (χ2v) is 5.46. The first-order valence-electron chi connectivity index (χ1n) is 7.37. The fourth-order valence-corrected chi connectivity index (χ4v) is 2.49. The molecule has 7 heteroatoms. The number of hydrogen-bond acceptors (Lipinski definition) is 5. The lowest BCUT2D eigenvalue weighted by molar-refractivity contribution is -0.144. The van der Waals surface area contributed by atoms with E-state index in [9.17, 15) is 9.59 Å². The minimum Gasteiger partial charge on any atom is -0.465 e. The molecule has 0 saturated carbocycles. The van der Waals surface area contributed by atoms with Crippen molar-refractivity contribution in [1.29, 1.82) is 0 Å². The molecule has 0 amide bonds. The number of fused-ring (bicyclic) bond motifs is 1.